The van der Waals surface area contributed by atoms with E-state index < -0.39 is 5.97 Å². The highest BCUT2D eigenvalue weighted by molar-refractivity contribution is 5.67. The van der Waals surface area contributed by atoms with Gasteiger partial charge in [0, 0.05) is 13.2 Å². The van der Waals surface area contributed by atoms with E-state index in [2.05, 4.69) is 20.8 Å². The Morgan fingerprint density at radius 2 is 2.06 bits per heavy atom. The summed E-state index contributed by atoms with van der Waals surface area (Å²) >= 11 is 0. The molecule has 0 aliphatic heterocycles. The first-order valence-electron chi connectivity index (χ1n) is 6.29. The number of hydrogen-bond donors (Lipinski definition) is 2. The smallest absolute Gasteiger partial charge is 0.304 e. The summed E-state index contributed by atoms with van der Waals surface area (Å²) in [6, 6.07) is -0.224. The molecule has 0 fully saturated rings. The van der Waals surface area contributed by atoms with Crippen molar-refractivity contribution >= 4 is 5.97 Å². The molecule has 0 radical (unpaired) electrons. The molecule has 0 aromatic rings. The molecule has 2 unspecified atom stereocenters. The van der Waals surface area contributed by atoms with Crippen LogP contribution in [0.3, 0.4) is 0 Å². The van der Waals surface area contributed by atoms with Crippen molar-refractivity contribution in [3.05, 3.63) is 0 Å². The van der Waals surface area contributed by atoms with Gasteiger partial charge in [-0.15, -0.1) is 0 Å². The third kappa shape index (κ3) is 9.12. The highest BCUT2D eigenvalue weighted by Crippen LogP contribution is 2.21. The van der Waals surface area contributed by atoms with Crippen molar-refractivity contribution in [1.29, 1.82) is 0 Å². The summed E-state index contributed by atoms with van der Waals surface area (Å²) in [5.41, 5.74) is 5.69. The van der Waals surface area contributed by atoms with Gasteiger partial charge in [-0.05, 0) is 32.6 Å². The number of rotatable bonds is 9. The second-order valence-corrected chi connectivity index (χ2v) is 5.55. The normalized spacial score (nSPS) is 15.6. The van der Waals surface area contributed by atoms with Gasteiger partial charge in [-0.25, -0.2) is 0 Å². The molecule has 3 N–H and O–H groups in total. The molecule has 17 heavy (non-hydrogen) atoms. The third-order valence-corrected chi connectivity index (χ3v) is 3.17. The molecular formula is C13H27NO3. The summed E-state index contributed by atoms with van der Waals surface area (Å²) in [6.07, 6.45) is 4.01. The van der Waals surface area contributed by atoms with Crippen LogP contribution in [0.1, 0.15) is 52.9 Å². The Morgan fingerprint density at radius 3 is 2.53 bits per heavy atom. The standard InChI is InChI=1S/C13H27NO3/c1-10(8-11(14)9-12(15)16)6-5-7-13(2,3)17-4/h10-11H,5-9,14H2,1-4H3,(H,15,16). The molecular weight excluding hydrogens is 218 g/mol. The quantitative estimate of drug-likeness (QED) is 0.654. The van der Waals surface area contributed by atoms with Gasteiger partial charge in [-0.3, -0.25) is 4.79 Å². The topological polar surface area (TPSA) is 72.5 Å². The fourth-order valence-electron chi connectivity index (χ4n) is 1.92. The molecule has 2 atom stereocenters. The lowest BCUT2D eigenvalue weighted by molar-refractivity contribution is -0.137. The minimum absolute atomic E-state index is 0.0634. The molecule has 0 saturated carbocycles. The van der Waals surface area contributed by atoms with E-state index in [9.17, 15) is 4.79 Å². The molecule has 0 rings (SSSR count). The van der Waals surface area contributed by atoms with Crippen LogP contribution in [0.2, 0.25) is 0 Å². The van der Waals surface area contributed by atoms with Gasteiger partial charge < -0.3 is 15.6 Å². The Bertz CT molecular complexity index is 229. The van der Waals surface area contributed by atoms with E-state index in [1.807, 2.05) is 0 Å². The zero-order valence-corrected chi connectivity index (χ0v) is 11.5. The number of ether oxygens (including phenoxy) is 1. The van der Waals surface area contributed by atoms with E-state index in [4.69, 9.17) is 15.6 Å². The summed E-state index contributed by atoms with van der Waals surface area (Å²) in [4.78, 5) is 10.5. The Kier molecular flexibility index (Phi) is 7.39. The van der Waals surface area contributed by atoms with Crippen LogP contribution in [0.4, 0.5) is 0 Å². The summed E-state index contributed by atoms with van der Waals surface area (Å²) in [5.74, 6) is -0.345. The van der Waals surface area contributed by atoms with E-state index in [1.165, 1.54) is 0 Å². The van der Waals surface area contributed by atoms with E-state index in [1.54, 1.807) is 7.11 Å². The van der Waals surface area contributed by atoms with E-state index in [-0.39, 0.29) is 18.1 Å². The van der Waals surface area contributed by atoms with Crippen molar-refractivity contribution in [2.24, 2.45) is 11.7 Å². The Morgan fingerprint density at radius 1 is 1.47 bits per heavy atom. The number of carboxylic acid groups (broad SMARTS) is 1. The Balaban J connectivity index is 3.72. The fourth-order valence-corrected chi connectivity index (χ4v) is 1.92. The molecule has 0 bridgehead atoms. The first-order valence-corrected chi connectivity index (χ1v) is 6.29. The van der Waals surface area contributed by atoms with Crippen LogP contribution in [0.25, 0.3) is 0 Å². The minimum atomic E-state index is -0.815. The van der Waals surface area contributed by atoms with Crippen LogP contribution >= 0.6 is 0 Å². The highest BCUT2D eigenvalue weighted by Gasteiger charge is 2.17. The molecule has 0 aromatic heterocycles. The highest BCUT2D eigenvalue weighted by atomic mass is 16.5. The molecule has 4 heteroatoms. The maximum Gasteiger partial charge on any atom is 0.304 e. The molecule has 0 heterocycles. The molecule has 0 saturated heterocycles. The lowest BCUT2D eigenvalue weighted by Crippen LogP contribution is -2.26. The minimum Gasteiger partial charge on any atom is -0.481 e. The molecule has 0 aliphatic carbocycles. The van der Waals surface area contributed by atoms with Crippen molar-refractivity contribution < 1.29 is 14.6 Å². The van der Waals surface area contributed by atoms with Crippen molar-refractivity contribution in [2.75, 3.05) is 7.11 Å². The summed E-state index contributed by atoms with van der Waals surface area (Å²) in [7, 11) is 1.73. The molecule has 102 valence electrons. The van der Waals surface area contributed by atoms with Gasteiger partial charge >= 0.3 is 5.97 Å². The van der Waals surface area contributed by atoms with E-state index in [0.29, 0.717) is 5.92 Å². The van der Waals surface area contributed by atoms with Crippen LogP contribution < -0.4 is 5.73 Å². The van der Waals surface area contributed by atoms with Gasteiger partial charge in [-0.1, -0.05) is 19.8 Å². The maximum atomic E-state index is 10.5. The number of carboxylic acids is 1. The zero-order valence-electron chi connectivity index (χ0n) is 11.5. The summed E-state index contributed by atoms with van der Waals surface area (Å²) < 4.78 is 5.35. The SMILES string of the molecule is COC(C)(C)CCCC(C)CC(N)CC(=O)O. The van der Waals surface area contributed by atoms with Crippen LogP contribution in [0.5, 0.6) is 0 Å². The number of methoxy groups -OCH3 is 1. The van der Waals surface area contributed by atoms with Gasteiger partial charge in [0.25, 0.3) is 0 Å². The van der Waals surface area contributed by atoms with Gasteiger partial charge in [0.15, 0.2) is 0 Å². The van der Waals surface area contributed by atoms with Crippen molar-refractivity contribution in [2.45, 2.75) is 64.5 Å². The van der Waals surface area contributed by atoms with E-state index >= 15 is 0 Å². The molecule has 4 nitrogen and oxygen atoms in total. The number of carbonyl (C=O) groups is 1. The number of aliphatic carboxylic acids is 1. The third-order valence-electron chi connectivity index (χ3n) is 3.17. The second-order valence-electron chi connectivity index (χ2n) is 5.55. The summed E-state index contributed by atoms with van der Waals surface area (Å²) in [5, 5.41) is 8.61. The van der Waals surface area contributed by atoms with Gasteiger partial charge in [0.2, 0.25) is 0 Å². The van der Waals surface area contributed by atoms with Crippen LogP contribution in [-0.4, -0.2) is 29.8 Å². The van der Waals surface area contributed by atoms with E-state index in [0.717, 1.165) is 25.7 Å². The van der Waals surface area contributed by atoms with Gasteiger partial charge in [-0.2, -0.15) is 0 Å². The van der Waals surface area contributed by atoms with Gasteiger partial charge in [0.05, 0.1) is 12.0 Å². The van der Waals surface area contributed by atoms with Crippen molar-refractivity contribution in [1.82, 2.24) is 0 Å². The van der Waals surface area contributed by atoms with Gasteiger partial charge in [0.1, 0.15) is 0 Å². The molecule has 0 aromatic carbocycles. The summed E-state index contributed by atoms with van der Waals surface area (Å²) in [6.45, 7) is 6.28. The first-order chi connectivity index (χ1) is 7.76. The molecule has 0 spiro atoms. The monoisotopic (exact) mass is 245 g/mol. The molecule has 0 aliphatic rings. The van der Waals surface area contributed by atoms with Crippen molar-refractivity contribution in [3.8, 4) is 0 Å². The average Bonchev–Trinajstić information content (AvgIpc) is 2.15. The lowest BCUT2D eigenvalue weighted by Gasteiger charge is -2.24. The fraction of sp³-hybridized carbons (Fsp3) is 0.923. The van der Waals surface area contributed by atoms with Crippen molar-refractivity contribution in [3.63, 3.8) is 0 Å². The zero-order chi connectivity index (χ0) is 13.5. The maximum absolute atomic E-state index is 10.5. The van der Waals surface area contributed by atoms with Crippen LogP contribution in [-0.2, 0) is 9.53 Å². The largest absolute Gasteiger partial charge is 0.481 e. The predicted octanol–water partition coefficient (Wildman–Crippen LogP) is 2.41. The predicted molar refractivity (Wildman–Crippen MR) is 68.9 cm³/mol. The number of hydrogen-bond acceptors (Lipinski definition) is 3. The Labute approximate surface area is 105 Å². The lowest BCUT2D eigenvalue weighted by atomic mass is 9.92. The second kappa shape index (κ2) is 7.67. The number of nitrogens with two attached hydrogens (primary N) is 1. The van der Waals surface area contributed by atoms with Crippen LogP contribution in [0.15, 0.2) is 0 Å². The van der Waals surface area contributed by atoms with Crippen LogP contribution in [0, 0.1) is 5.92 Å². The molecule has 0 amide bonds. The Hall–Kier alpha value is -0.610. The first kappa shape index (κ1) is 16.4. The average molecular weight is 245 g/mol.